The molecule has 1 rings (SSSR count). The summed E-state index contributed by atoms with van der Waals surface area (Å²) in [4.78, 5) is 46.8. The smallest absolute Gasteiger partial charge is 0.408 e. The summed E-state index contributed by atoms with van der Waals surface area (Å²) >= 11 is 0. The van der Waals surface area contributed by atoms with Crippen LogP contribution in [-0.2, 0) is 30.4 Å². The first-order valence-corrected chi connectivity index (χ1v) is 10.6. The summed E-state index contributed by atoms with van der Waals surface area (Å²) in [6.07, 6.45) is -0.802. The molecule has 0 aliphatic carbocycles. The number of alkyl carbamates (subject to hydrolysis) is 1. The Bertz CT molecular complexity index is 658. The zero-order valence-electron chi connectivity index (χ0n) is 15.5. The summed E-state index contributed by atoms with van der Waals surface area (Å²) < 4.78 is 14.3. The summed E-state index contributed by atoms with van der Waals surface area (Å²) in [5, 5.41) is 4.26. The van der Waals surface area contributed by atoms with Gasteiger partial charge in [0, 0.05) is 16.5 Å². The molecule has 0 aliphatic rings. The van der Waals surface area contributed by atoms with Crippen LogP contribution in [-0.4, -0.2) is 55.3 Å². The van der Waals surface area contributed by atoms with Gasteiger partial charge in [-0.1, -0.05) is 41.1 Å². The van der Waals surface area contributed by atoms with E-state index < -0.39 is 29.3 Å². The maximum Gasteiger partial charge on any atom is 0.408 e. The van der Waals surface area contributed by atoms with Crippen LogP contribution in [0, 0.1) is 0 Å². The van der Waals surface area contributed by atoms with Gasteiger partial charge in [-0.3, -0.25) is 9.59 Å². The standard InChI is InChI=1S/C17H22N2O7S2/c1-3-25-14(20)9-18-15(21)13(11-27-28-17(23)24-2)19-16(22)26-10-12-7-5-4-6-8-12/h4-8,13H,3,9-11H2,1-2H3,(H,18,21)(H,19,22)/t13-/m1/s1. The highest BCUT2D eigenvalue weighted by atomic mass is 33.1. The molecule has 0 saturated heterocycles. The fraction of sp³-hybridized carbons (Fsp3) is 0.412. The van der Waals surface area contributed by atoms with Gasteiger partial charge in [-0.15, -0.1) is 0 Å². The van der Waals surface area contributed by atoms with Crippen LogP contribution in [0.1, 0.15) is 12.5 Å². The van der Waals surface area contributed by atoms with Crippen LogP contribution < -0.4 is 10.6 Å². The third-order valence-electron chi connectivity index (χ3n) is 3.06. The number of rotatable bonds is 10. The lowest BCUT2D eigenvalue weighted by molar-refractivity contribution is -0.143. The minimum absolute atomic E-state index is 0.0356. The number of carbonyl (C=O) groups excluding carboxylic acids is 4. The van der Waals surface area contributed by atoms with Crippen molar-refractivity contribution >= 4 is 44.9 Å². The van der Waals surface area contributed by atoms with Crippen LogP contribution in [0.5, 0.6) is 0 Å². The van der Waals surface area contributed by atoms with E-state index in [0.29, 0.717) is 0 Å². The average molecular weight is 431 g/mol. The number of esters is 1. The highest BCUT2D eigenvalue weighted by Gasteiger charge is 2.23. The van der Waals surface area contributed by atoms with Gasteiger partial charge in [0.15, 0.2) is 0 Å². The highest BCUT2D eigenvalue weighted by molar-refractivity contribution is 8.82. The molecule has 2 N–H and O–H groups in total. The SMILES string of the molecule is CCOC(=O)CNC(=O)[C@@H](CSSC(=O)OC)NC(=O)OCc1ccccc1. The van der Waals surface area contributed by atoms with Crippen LogP contribution >= 0.6 is 21.6 Å². The maximum absolute atomic E-state index is 12.3. The molecule has 0 heterocycles. The Morgan fingerprint density at radius 1 is 1.11 bits per heavy atom. The Labute approximate surface area is 170 Å². The molecule has 1 atom stereocenters. The number of nitrogens with one attached hydrogen (secondary N) is 2. The third kappa shape index (κ3) is 10.1. The molecule has 28 heavy (non-hydrogen) atoms. The molecule has 0 saturated carbocycles. The topological polar surface area (TPSA) is 120 Å². The summed E-state index contributed by atoms with van der Waals surface area (Å²) in [7, 11) is 3.04. The van der Waals surface area contributed by atoms with Crippen molar-refractivity contribution in [3.8, 4) is 0 Å². The van der Waals surface area contributed by atoms with E-state index in [-0.39, 0.29) is 25.5 Å². The van der Waals surface area contributed by atoms with Crippen molar-refractivity contribution in [1.29, 1.82) is 0 Å². The van der Waals surface area contributed by atoms with Crippen LogP contribution in [0.3, 0.4) is 0 Å². The number of methoxy groups -OCH3 is 1. The highest BCUT2D eigenvalue weighted by Crippen LogP contribution is 2.24. The Kier molecular flexibility index (Phi) is 11.6. The molecular weight excluding hydrogens is 408 g/mol. The van der Waals surface area contributed by atoms with Gasteiger partial charge in [0.1, 0.15) is 19.2 Å². The van der Waals surface area contributed by atoms with Gasteiger partial charge in [0.2, 0.25) is 5.91 Å². The molecule has 1 aromatic carbocycles. The van der Waals surface area contributed by atoms with Gasteiger partial charge in [0.25, 0.3) is 0 Å². The first-order chi connectivity index (χ1) is 13.5. The van der Waals surface area contributed by atoms with Crippen LogP contribution in [0.2, 0.25) is 0 Å². The number of hydrogen-bond acceptors (Lipinski definition) is 9. The van der Waals surface area contributed by atoms with E-state index >= 15 is 0 Å². The number of carbonyl (C=O) groups is 4. The molecule has 0 unspecified atom stereocenters. The predicted octanol–water partition coefficient (Wildman–Crippen LogP) is 2.11. The molecule has 0 bridgehead atoms. The number of benzene rings is 1. The van der Waals surface area contributed by atoms with Gasteiger partial charge in [-0.2, -0.15) is 0 Å². The van der Waals surface area contributed by atoms with Crippen LogP contribution in [0.4, 0.5) is 9.59 Å². The molecule has 0 radical (unpaired) electrons. The van der Waals surface area contributed by atoms with E-state index in [1.165, 1.54) is 7.11 Å². The van der Waals surface area contributed by atoms with Gasteiger partial charge in [0.05, 0.1) is 13.7 Å². The second kappa shape index (κ2) is 13.7. The maximum atomic E-state index is 12.3. The van der Waals surface area contributed by atoms with E-state index in [2.05, 4.69) is 15.4 Å². The molecular formula is C17H22N2O7S2. The van der Waals surface area contributed by atoms with Gasteiger partial charge >= 0.3 is 17.4 Å². The Balaban J connectivity index is 2.56. The van der Waals surface area contributed by atoms with E-state index in [0.717, 1.165) is 27.2 Å². The molecule has 1 aromatic rings. The number of hydrogen-bond donors (Lipinski definition) is 2. The van der Waals surface area contributed by atoms with Gasteiger partial charge in [-0.25, -0.2) is 9.59 Å². The Hall–Kier alpha value is -2.40. The quantitative estimate of drug-likeness (QED) is 0.327. The molecule has 2 amide bonds. The average Bonchev–Trinajstić information content (AvgIpc) is 2.70. The fourth-order valence-electron chi connectivity index (χ4n) is 1.77. The third-order valence-corrected chi connectivity index (χ3v) is 5.12. The van der Waals surface area contributed by atoms with Crippen molar-refractivity contribution in [2.75, 3.05) is 26.0 Å². The summed E-state index contributed by atoms with van der Waals surface area (Å²) in [6.45, 7) is 1.54. The predicted molar refractivity (Wildman–Crippen MR) is 106 cm³/mol. The van der Waals surface area contributed by atoms with E-state index in [4.69, 9.17) is 9.47 Å². The van der Waals surface area contributed by atoms with Gasteiger partial charge < -0.3 is 24.8 Å². The number of amides is 2. The normalized spacial score (nSPS) is 11.1. The lowest BCUT2D eigenvalue weighted by atomic mass is 10.2. The minimum atomic E-state index is -1.03. The lowest BCUT2D eigenvalue weighted by Gasteiger charge is -2.17. The summed E-state index contributed by atoms with van der Waals surface area (Å²) in [5.41, 5.74) is 0.789. The van der Waals surface area contributed by atoms with Crippen molar-refractivity contribution < 1.29 is 33.4 Å². The number of ether oxygens (including phenoxy) is 3. The second-order valence-electron chi connectivity index (χ2n) is 5.10. The molecule has 0 spiro atoms. The largest absolute Gasteiger partial charge is 0.465 e. The van der Waals surface area contributed by atoms with E-state index in [9.17, 15) is 19.2 Å². The van der Waals surface area contributed by atoms with Gasteiger partial charge in [-0.05, 0) is 12.5 Å². The molecule has 11 heteroatoms. The zero-order valence-corrected chi connectivity index (χ0v) is 17.1. The van der Waals surface area contributed by atoms with Crippen molar-refractivity contribution in [3.63, 3.8) is 0 Å². The first-order valence-electron chi connectivity index (χ1n) is 8.24. The molecule has 9 nitrogen and oxygen atoms in total. The lowest BCUT2D eigenvalue weighted by Crippen LogP contribution is -2.49. The molecule has 0 aromatic heterocycles. The van der Waals surface area contributed by atoms with Crippen molar-refractivity contribution in [2.45, 2.75) is 19.6 Å². The zero-order chi connectivity index (χ0) is 20.8. The van der Waals surface area contributed by atoms with Crippen molar-refractivity contribution in [2.24, 2.45) is 0 Å². The van der Waals surface area contributed by atoms with Crippen molar-refractivity contribution in [3.05, 3.63) is 35.9 Å². The Morgan fingerprint density at radius 3 is 2.46 bits per heavy atom. The first kappa shape index (κ1) is 23.6. The Morgan fingerprint density at radius 2 is 1.82 bits per heavy atom. The second-order valence-corrected chi connectivity index (χ2v) is 7.38. The minimum Gasteiger partial charge on any atom is -0.465 e. The van der Waals surface area contributed by atoms with E-state index in [1.54, 1.807) is 19.1 Å². The van der Waals surface area contributed by atoms with Crippen LogP contribution in [0.15, 0.2) is 30.3 Å². The van der Waals surface area contributed by atoms with Crippen molar-refractivity contribution in [1.82, 2.24) is 10.6 Å². The molecule has 0 aliphatic heterocycles. The monoisotopic (exact) mass is 430 g/mol. The van der Waals surface area contributed by atoms with E-state index in [1.807, 2.05) is 18.2 Å². The summed E-state index contributed by atoms with van der Waals surface area (Å²) in [6, 6.07) is 8.01. The molecule has 154 valence electrons. The van der Waals surface area contributed by atoms with Crippen LogP contribution in [0.25, 0.3) is 0 Å². The fourth-order valence-corrected chi connectivity index (χ4v) is 3.48. The summed E-state index contributed by atoms with van der Waals surface area (Å²) in [5.74, 6) is -1.16. The molecule has 0 fully saturated rings.